The molecule has 3 heteroatoms. The summed E-state index contributed by atoms with van der Waals surface area (Å²) in [6.45, 7) is 7.24. The number of rotatable bonds is 4. The van der Waals surface area contributed by atoms with E-state index in [1.807, 2.05) is 0 Å². The summed E-state index contributed by atoms with van der Waals surface area (Å²) < 4.78 is 11.7. The molecule has 110 valence electrons. The third kappa shape index (κ3) is 2.98. The summed E-state index contributed by atoms with van der Waals surface area (Å²) in [6.07, 6.45) is 7.95. The molecule has 4 atom stereocenters. The van der Waals surface area contributed by atoms with E-state index < -0.39 is 0 Å². The van der Waals surface area contributed by atoms with Gasteiger partial charge in [0.25, 0.3) is 0 Å². The van der Waals surface area contributed by atoms with Crippen LogP contribution in [0.25, 0.3) is 0 Å². The van der Waals surface area contributed by atoms with Crippen molar-refractivity contribution in [2.45, 2.75) is 51.0 Å². The van der Waals surface area contributed by atoms with Gasteiger partial charge in [0.1, 0.15) is 0 Å². The van der Waals surface area contributed by atoms with E-state index in [0.717, 1.165) is 50.5 Å². The number of nitrogens with one attached hydrogen (secondary N) is 1. The molecule has 1 N–H and O–H groups in total. The minimum atomic E-state index is 0.0915. The minimum absolute atomic E-state index is 0.0915. The molecule has 1 aliphatic carbocycles. The van der Waals surface area contributed by atoms with Gasteiger partial charge in [-0.25, -0.2) is 0 Å². The van der Waals surface area contributed by atoms with Gasteiger partial charge in [0.05, 0.1) is 12.2 Å². The van der Waals surface area contributed by atoms with Crippen molar-refractivity contribution < 1.29 is 9.47 Å². The zero-order valence-electron chi connectivity index (χ0n) is 12.3. The van der Waals surface area contributed by atoms with Crippen molar-refractivity contribution in [1.29, 1.82) is 0 Å². The summed E-state index contributed by atoms with van der Waals surface area (Å²) in [5.74, 6) is 2.71. The monoisotopic (exact) mass is 267 g/mol. The maximum atomic E-state index is 6.09. The van der Waals surface area contributed by atoms with E-state index in [1.165, 1.54) is 38.6 Å². The summed E-state index contributed by atoms with van der Waals surface area (Å²) in [7, 11) is 0. The van der Waals surface area contributed by atoms with Gasteiger partial charge < -0.3 is 14.8 Å². The summed E-state index contributed by atoms with van der Waals surface area (Å²) in [6, 6.07) is 0. The molecule has 1 spiro atoms. The molecule has 2 heterocycles. The SMILES string of the molecule is CCNCC1CCCC1C1CCOC2(CCOC2)C1. The number of ether oxygens (including phenoxy) is 2. The van der Waals surface area contributed by atoms with E-state index in [-0.39, 0.29) is 5.60 Å². The van der Waals surface area contributed by atoms with E-state index in [2.05, 4.69) is 12.2 Å². The Morgan fingerprint density at radius 2 is 2.16 bits per heavy atom. The molecule has 3 aliphatic rings. The van der Waals surface area contributed by atoms with Crippen LogP contribution < -0.4 is 5.32 Å². The van der Waals surface area contributed by atoms with Crippen LogP contribution in [-0.2, 0) is 9.47 Å². The maximum Gasteiger partial charge on any atom is 0.0939 e. The molecule has 2 saturated heterocycles. The van der Waals surface area contributed by atoms with Crippen molar-refractivity contribution in [3.8, 4) is 0 Å². The lowest BCUT2D eigenvalue weighted by Gasteiger charge is -2.41. The average molecular weight is 267 g/mol. The molecule has 0 aromatic carbocycles. The van der Waals surface area contributed by atoms with Crippen molar-refractivity contribution in [1.82, 2.24) is 5.32 Å². The lowest BCUT2D eigenvalue weighted by atomic mass is 9.74. The van der Waals surface area contributed by atoms with Gasteiger partial charge in [-0.2, -0.15) is 0 Å². The Kier molecular flexibility index (Phi) is 4.45. The van der Waals surface area contributed by atoms with Crippen LogP contribution >= 0.6 is 0 Å². The lowest BCUT2D eigenvalue weighted by Crippen LogP contribution is -2.43. The fourth-order valence-electron chi connectivity index (χ4n) is 4.56. The van der Waals surface area contributed by atoms with Crippen molar-refractivity contribution in [3.05, 3.63) is 0 Å². The second kappa shape index (κ2) is 6.11. The highest BCUT2D eigenvalue weighted by atomic mass is 16.6. The van der Waals surface area contributed by atoms with Crippen LogP contribution in [0, 0.1) is 17.8 Å². The van der Waals surface area contributed by atoms with Crippen molar-refractivity contribution in [2.75, 3.05) is 32.9 Å². The standard InChI is InChI=1S/C16H29NO2/c1-2-17-11-14-4-3-5-15(14)13-6-8-19-16(10-13)7-9-18-12-16/h13-15,17H,2-12H2,1H3. The van der Waals surface area contributed by atoms with Gasteiger partial charge in [0.15, 0.2) is 0 Å². The first-order valence-corrected chi connectivity index (χ1v) is 8.25. The van der Waals surface area contributed by atoms with Gasteiger partial charge in [-0.3, -0.25) is 0 Å². The van der Waals surface area contributed by atoms with Crippen LogP contribution in [0.5, 0.6) is 0 Å². The summed E-state index contributed by atoms with van der Waals surface area (Å²) in [5.41, 5.74) is 0.0915. The lowest BCUT2D eigenvalue weighted by molar-refractivity contribution is -0.109. The molecule has 2 aliphatic heterocycles. The van der Waals surface area contributed by atoms with E-state index in [0.29, 0.717) is 0 Å². The third-order valence-electron chi connectivity index (χ3n) is 5.58. The quantitative estimate of drug-likeness (QED) is 0.849. The van der Waals surface area contributed by atoms with Crippen molar-refractivity contribution >= 4 is 0 Å². The highest BCUT2D eigenvalue weighted by molar-refractivity contribution is 4.94. The van der Waals surface area contributed by atoms with Crippen LogP contribution in [0.3, 0.4) is 0 Å². The molecule has 3 fully saturated rings. The molecule has 3 rings (SSSR count). The van der Waals surface area contributed by atoms with Gasteiger partial charge in [-0.15, -0.1) is 0 Å². The molecule has 19 heavy (non-hydrogen) atoms. The predicted octanol–water partition coefficient (Wildman–Crippen LogP) is 2.60. The molecular weight excluding hydrogens is 238 g/mol. The van der Waals surface area contributed by atoms with Crippen molar-refractivity contribution in [2.24, 2.45) is 17.8 Å². The molecule has 3 nitrogen and oxygen atoms in total. The topological polar surface area (TPSA) is 30.5 Å². The van der Waals surface area contributed by atoms with E-state index in [4.69, 9.17) is 9.47 Å². The smallest absolute Gasteiger partial charge is 0.0939 e. The zero-order valence-corrected chi connectivity index (χ0v) is 12.3. The fourth-order valence-corrected chi connectivity index (χ4v) is 4.56. The van der Waals surface area contributed by atoms with Gasteiger partial charge >= 0.3 is 0 Å². The fraction of sp³-hybridized carbons (Fsp3) is 1.00. The van der Waals surface area contributed by atoms with Gasteiger partial charge in [-0.1, -0.05) is 13.3 Å². The van der Waals surface area contributed by atoms with Gasteiger partial charge in [-0.05, 0) is 56.5 Å². The predicted molar refractivity (Wildman–Crippen MR) is 76.2 cm³/mol. The largest absolute Gasteiger partial charge is 0.378 e. The highest BCUT2D eigenvalue weighted by Gasteiger charge is 2.45. The van der Waals surface area contributed by atoms with E-state index in [9.17, 15) is 0 Å². The molecule has 0 aromatic rings. The average Bonchev–Trinajstić information content (AvgIpc) is 3.06. The molecule has 4 unspecified atom stereocenters. The van der Waals surface area contributed by atoms with Crippen LogP contribution in [0.1, 0.15) is 45.4 Å². The molecule has 0 bridgehead atoms. The molecule has 0 aromatic heterocycles. The number of hydrogen-bond acceptors (Lipinski definition) is 3. The first-order valence-electron chi connectivity index (χ1n) is 8.25. The summed E-state index contributed by atoms with van der Waals surface area (Å²) in [5, 5.41) is 3.56. The summed E-state index contributed by atoms with van der Waals surface area (Å²) >= 11 is 0. The molecule has 0 radical (unpaired) electrons. The first kappa shape index (κ1) is 13.8. The maximum absolute atomic E-state index is 6.09. The summed E-state index contributed by atoms with van der Waals surface area (Å²) in [4.78, 5) is 0. The van der Waals surface area contributed by atoms with Gasteiger partial charge in [0.2, 0.25) is 0 Å². The number of hydrogen-bond donors (Lipinski definition) is 1. The molecule has 0 amide bonds. The first-order chi connectivity index (χ1) is 9.33. The minimum Gasteiger partial charge on any atom is -0.378 e. The highest BCUT2D eigenvalue weighted by Crippen LogP contribution is 2.45. The molecule has 1 saturated carbocycles. The Bertz CT molecular complexity index is 288. The van der Waals surface area contributed by atoms with E-state index in [1.54, 1.807) is 0 Å². The van der Waals surface area contributed by atoms with Crippen molar-refractivity contribution in [3.63, 3.8) is 0 Å². The van der Waals surface area contributed by atoms with Crippen LogP contribution in [0.4, 0.5) is 0 Å². The Hall–Kier alpha value is -0.120. The molecular formula is C16H29NO2. The second-order valence-electron chi connectivity index (χ2n) is 6.75. The Labute approximate surface area is 117 Å². The second-order valence-corrected chi connectivity index (χ2v) is 6.75. The van der Waals surface area contributed by atoms with Crippen LogP contribution in [0.15, 0.2) is 0 Å². The van der Waals surface area contributed by atoms with Crippen LogP contribution in [-0.4, -0.2) is 38.5 Å². The Morgan fingerprint density at radius 3 is 2.95 bits per heavy atom. The Morgan fingerprint density at radius 1 is 1.21 bits per heavy atom. The van der Waals surface area contributed by atoms with E-state index >= 15 is 0 Å². The Balaban J connectivity index is 1.60. The zero-order chi connectivity index (χ0) is 13.1. The normalized spacial score (nSPS) is 43.1. The van der Waals surface area contributed by atoms with Crippen LogP contribution in [0.2, 0.25) is 0 Å². The third-order valence-corrected chi connectivity index (χ3v) is 5.58. The van der Waals surface area contributed by atoms with Gasteiger partial charge in [0, 0.05) is 19.6 Å².